The van der Waals surface area contributed by atoms with Crippen LogP contribution in [0.1, 0.15) is 32.1 Å². The molecule has 5 nitrogen and oxygen atoms in total. The molecule has 0 aromatic carbocycles. The molecule has 0 heterocycles. The van der Waals surface area contributed by atoms with Gasteiger partial charge in [-0.3, -0.25) is 4.79 Å². The Bertz CT molecular complexity index is 165. The van der Waals surface area contributed by atoms with Gasteiger partial charge >= 0.3 is 5.97 Å². The number of hydrogen-bond donors (Lipinski definition) is 4. The molecule has 0 fully saturated rings. The Hall–Kier alpha value is -0.650. The SMILES string of the molecule is NCCCCNCCCC(N)CC(=O)O. The smallest absolute Gasteiger partial charge is 0.304 e. The van der Waals surface area contributed by atoms with E-state index in [1.54, 1.807) is 0 Å². The van der Waals surface area contributed by atoms with Crippen LogP contribution in [0.15, 0.2) is 0 Å². The summed E-state index contributed by atoms with van der Waals surface area (Å²) in [5, 5.41) is 11.7. The fourth-order valence-electron chi connectivity index (χ4n) is 1.33. The quantitative estimate of drug-likeness (QED) is 0.383. The molecule has 0 aromatic rings. The molecule has 1 atom stereocenters. The van der Waals surface area contributed by atoms with Gasteiger partial charge in [0.15, 0.2) is 0 Å². The summed E-state index contributed by atoms with van der Waals surface area (Å²) < 4.78 is 0. The van der Waals surface area contributed by atoms with Gasteiger partial charge in [-0.15, -0.1) is 0 Å². The molecule has 6 N–H and O–H groups in total. The molecule has 0 aromatic heterocycles. The van der Waals surface area contributed by atoms with Crippen LogP contribution in [0.4, 0.5) is 0 Å². The number of carboxylic acid groups (broad SMARTS) is 1. The van der Waals surface area contributed by atoms with Crippen LogP contribution in [0.5, 0.6) is 0 Å². The van der Waals surface area contributed by atoms with E-state index in [2.05, 4.69) is 5.32 Å². The Morgan fingerprint density at radius 2 is 1.93 bits per heavy atom. The molecule has 0 rings (SSSR count). The maximum absolute atomic E-state index is 10.3. The maximum atomic E-state index is 10.3. The highest BCUT2D eigenvalue weighted by Gasteiger charge is 2.06. The predicted octanol–water partition coefficient (Wildman–Crippen LogP) is -0.103. The van der Waals surface area contributed by atoms with Crippen LogP contribution in [0.2, 0.25) is 0 Å². The van der Waals surface area contributed by atoms with Gasteiger partial charge in [0.05, 0.1) is 6.42 Å². The minimum Gasteiger partial charge on any atom is -0.481 e. The summed E-state index contributed by atoms with van der Waals surface area (Å²) in [6.45, 7) is 2.62. The first-order valence-electron chi connectivity index (χ1n) is 5.55. The van der Waals surface area contributed by atoms with Crippen molar-refractivity contribution in [3.05, 3.63) is 0 Å². The summed E-state index contributed by atoms with van der Waals surface area (Å²) in [5.74, 6) is -0.821. The van der Waals surface area contributed by atoms with Crippen LogP contribution in [-0.4, -0.2) is 36.8 Å². The number of nitrogens with two attached hydrogens (primary N) is 2. The number of nitrogens with one attached hydrogen (secondary N) is 1. The fourth-order valence-corrected chi connectivity index (χ4v) is 1.33. The minimum atomic E-state index is -0.821. The molecule has 0 amide bonds. The first kappa shape index (κ1) is 14.3. The first-order chi connectivity index (χ1) is 7.16. The zero-order valence-corrected chi connectivity index (χ0v) is 9.24. The number of carbonyl (C=O) groups is 1. The molecule has 0 saturated heterocycles. The van der Waals surface area contributed by atoms with Gasteiger partial charge in [-0.2, -0.15) is 0 Å². The predicted molar refractivity (Wildman–Crippen MR) is 60.6 cm³/mol. The molecule has 0 bridgehead atoms. The number of unbranched alkanes of at least 4 members (excludes halogenated alkanes) is 1. The van der Waals surface area contributed by atoms with Gasteiger partial charge in [-0.25, -0.2) is 0 Å². The van der Waals surface area contributed by atoms with Crippen molar-refractivity contribution in [3.63, 3.8) is 0 Å². The third kappa shape index (κ3) is 11.3. The van der Waals surface area contributed by atoms with E-state index in [1.807, 2.05) is 0 Å². The van der Waals surface area contributed by atoms with Crippen molar-refractivity contribution in [1.82, 2.24) is 5.32 Å². The summed E-state index contributed by atoms with van der Waals surface area (Å²) in [6, 6.07) is -0.214. The summed E-state index contributed by atoms with van der Waals surface area (Å²) in [6.07, 6.45) is 3.89. The van der Waals surface area contributed by atoms with E-state index in [4.69, 9.17) is 16.6 Å². The highest BCUT2D eigenvalue weighted by Crippen LogP contribution is 1.98. The Kier molecular flexibility index (Phi) is 9.46. The summed E-state index contributed by atoms with van der Waals surface area (Å²) in [5.41, 5.74) is 11.0. The molecular formula is C10H23N3O2. The Morgan fingerprint density at radius 3 is 2.53 bits per heavy atom. The topological polar surface area (TPSA) is 101 Å². The van der Waals surface area contributed by atoms with Gasteiger partial charge < -0.3 is 21.9 Å². The standard InChI is InChI=1S/C10H23N3O2/c11-5-1-2-6-13-7-3-4-9(12)8-10(14)15/h9,13H,1-8,11-12H2,(H,14,15). The van der Waals surface area contributed by atoms with E-state index in [0.29, 0.717) is 0 Å². The third-order valence-electron chi connectivity index (χ3n) is 2.17. The number of aliphatic carboxylic acids is 1. The molecule has 15 heavy (non-hydrogen) atoms. The third-order valence-corrected chi connectivity index (χ3v) is 2.17. The highest BCUT2D eigenvalue weighted by molar-refractivity contribution is 5.67. The molecule has 0 saturated carbocycles. The average molecular weight is 217 g/mol. The van der Waals surface area contributed by atoms with E-state index >= 15 is 0 Å². The van der Waals surface area contributed by atoms with Crippen LogP contribution in [0.25, 0.3) is 0 Å². The van der Waals surface area contributed by atoms with E-state index in [9.17, 15) is 4.79 Å². The molecular weight excluding hydrogens is 194 g/mol. The lowest BCUT2D eigenvalue weighted by molar-refractivity contribution is -0.137. The van der Waals surface area contributed by atoms with Crippen LogP contribution >= 0.6 is 0 Å². The summed E-state index contributed by atoms with van der Waals surface area (Å²) >= 11 is 0. The first-order valence-corrected chi connectivity index (χ1v) is 5.55. The fraction of sp³-hybridized carbons (Fsp3) is 0.900. The second-order valence-electron chi connectivity index (χ2n) is 3.75. The lowest BCUT2D eigenvalue weighted by atomic mass is 10.1. The Labute approximate surface area is 91.2 Å². The van der Waals surface area contributed by atoms with E-state index in [0.717, 1.165) is 45.3 Å². The molecule has 0 aliphatic rings. The van der Waals surface area contributed by atoms with E-state index in [-0.39, 0.29) is 12.5 Å². The maximum Gasteiger partial charge on any atom is 0.304 e. The Morgan fingerprint density at radius 1 is 1.27 bits per heavy atom. The molecule has 0 aliphatic carbocycles. The van der Waals surface area contributed by atoms with E-state index < -0.39 is 5.97 Å². The molecule has 0 spiro atoms. The lowest BCUT2D eigenvalue weighted by Crippen LogP contribution is -2.25. The van der Waals surface area contributed by atoms with Crippen LogP contribution in [-0.2, 0) is 4.79 Å². The van der Waals surface area contributed by atoms with Gasteiger partial charge in [-0.1, -0.05) is 0 Å². The van der Waals surface area contributed by atoms with Crippen LogP contribution in [0, 0.1) is 0 Å². The molecule has 0 aliphatic heterocycles. The monoisotopic (exact) mass is 217 g/mol. The van der Waals surface area contributed by atoms with Crippen molar-refractivity contribution in [2.75, 3.05) is 19.6 Å². The molecule has 90 valence electrons. The van der Waals surface area contributed by atoms with Crippen molar-refractivity contribution in [2.45, 2.75) is 38.1 Å². The van der Waals surface area contributed by atoms with Gasteiger partial charge in [0, 0.05) is 6.04 Å². The summed E-state index contributed by atoms with van der Waals surface area (Å²) in [4.78, 5) is 10.3. The average Bonchev–Trinajstić information content (AvgIpc) is 2.15. The van der Waals surface area contributed by atoms with Crippen molar-refractivity contribution < 1.29 is 9.90 Å². The van der Waals surface area contributed by atoms with Crippen LogP contribution < -0.4 is 16.8 Å². The largest absolute Gasteiger partial charge is 0.481 e. The zero-order valence-electron chi connectivity index (χ0n) is 9.24. The lowest BCUT2D eigenvalue weighted by Gasteiger charge is -2.09. The van der Waals surface area contributed by atoms with Crippen molar-refractivity contribution in [2.24, 2.45) is 11.5 Å². The van der Waals surface area contributed by atoms with Gasteiger partial charge in [-0.05, 0) is 45.3 Å². The van der Waals surface area contributed by atoms with Gasteiger partial charge in [0.2, 0.25) is 0 Å². The zero-order chi connectivity index (χ0) is 11.5. The normalized spacial score (nSPS) is 12.7. The van der Waals surface area contributed by atoms with Crippen molar-refractivity contribution in [1.29, 1.82) is 0 Å². The van der Waals surface area contributed by atoms with Crippen molar-refractivity contribution >= 4 is 5.97 Å². The minimum absolute atomic E-state index is 0.0627. The second-order valence-corrected chi connectivity index (χ2v) is 3.75. The van der Waals surface area contributed by atoms with Crippen LogP contribution in [0.3, 0.4) is 0 Å². The molecule has 0 radical (unpaired) electrons. The van der Waals surface area contributed by atoms with E-state index in [1.165, 1.54) is 0 Å². The Balaban J connectivity index is 3.13. The number of hydrogen-bond acceptors (Lipinski definition) is 4. The molecule has 5 heteroatoms. The van der Waals surface area contributed by atoms with Gasteiger partial charge in [0.1, 0.15) is 0 Å². The summed E-state index contributed by atoms with van der Waals surface area (Å²) in [7, 11) is 0. The number of carboxylic acids is 1. The highest BCUT2D eigenvalue weighted by atomic mass is 16.4. The number of rotatable bonds is 10. The van der Waals surface area contributed by atoms with Gasteiger partial charge in [0.25, 0.3) is 0 Å². The second kappa shape index (κ2) is 9.89. The molecule has 1 unspecified atom stereocenters. The van der Waals surface area contributed by atoms with Crippen molar-refractivity contribution in [3.8, 4) is 0 Å².